The standard InChI is InChI=1S/C15H19BrO2/c1-17-11-5-4-6-12(9-11)18-14-10-13(16)15(14)7-2-3-8-15/h4-6,9,13-14H,2-3,7-8,10H2,1H3. The van der Waals surface area contributed by atoms with Crippen molar-refractivity contribution in [3.63, 3.8) is 0 Å². The van der Waals surface area contributed by atoms with Gasteiger partial charge in [-0.15, -0.1) is 0 Å². The van der Waals surface area contributed by atoms with Crippen LogP contribution in [0.4, 0.5) is 0 Å². The fourth-order valence-corrected chi connectivity index (χ4v) is 4.46. The quantitative estimate of drug-likeness (QED) is 0.780. The topological polar surface area (TPSA) is 18.5 Å². The molecule has 1 spiro atoms. The number of benzene rings is 1. The lowest BCUT2D eigenvalue weighted by Gasteiger charge is -2.51. The molecule has 0 bridgehead atoms. The average Bonchev–Trinajstić information content (AvgIpc) is 2.91. The van der Waals surface area contributed by atoms with Gasteiger partial charge in [0.25, 0.3) is 0 Å². The highest BCUT2D eigenvalue weighted by Crippen LogP contribution is 2.57. The molecule has 1 aromatic carbocycles. The normalized spacial score (nSPS) is 29.0. The number of halogens is 1. The van der Waals surface area contributed by atoms with Crippen molar-refractivity contribution in [3.8, 4) is 11.5 Å². The molecule has 2 unspecified atom stereocenters. The molecule has 2 aliphatic carbocycles. The Labute approximate surface area is 117 Å². The van der Waals surface area contributed by atoms with E-state index in [1.54, 1.807) is 7.11 Å². The predicted molar refractivity (Wildman–Crippen MR) is 75.6 cm³/mol. The Hall–Kier alpha value is -0.700. The van der Waals surface area contributed by atoms with E-state index in [9.17, 15) is 0 Å². The molecule has 2 saturated carbocycles. The zero-order valence-corrected chi connectivity index (χ0v) is 12.3. The third-order valence-corrected chi connectivity index (χ3v) is 5.83. The van der Waals surface area contributed by atoms with E-state index in [-0.39, 0.29) is 0 Å². The van der Waals surface area contributed by atoms with Crippen LogP contribution in [0.1, 0.15) is 32.1 Å². The second-order valence-electron chi connectivity index (χ2n) is 5.43. The Morgan fingerprint density at radius 2 is 1.94 bits per heavy atom. The zero-order chi connectivity index (χ0) is 12.6. The van der Waals surface area contributed by atoms with Gasteiger partial charge in [0, 0.05) is 16.3 Å². The summed E-state index contributed by atoms with van der Waals surface area (Å²) < 4.78 is 11.4. The zero-order valence-electron chi connectivity index (χ0n) is 10.7. The molecular formula is C15H19BrO2. The van der Waals surface area contributed by atoms with E-state index in [1.165, 1.54) is 25.7 Å². The second-order valence-corrected chi connectivity index (χ2v) is 6.53. The first-order valence-corrected chi connectivity index (χ1v) is 7.61. The largest absolute Gasteiger partial charge is 0.497 e. The van der Waals surface area contributed by atoms with E-state index in [4.69, 9.17) is 9.47 Å². The summed E-state index contributed by atoms with van der Waals surface area (Å²) in [5.41, 5.74) is 0.392. The van der Waals surface area contributed by atoms with Crippen LogP contribution in [0.5, 0.6) is 11.5 Å². The van der Waals surface area contributed by atoms with Crippen LogP contribution in [-0.4, -0.2) is 18.0 Å². The molecule has 0 saturated heterocycles. The number of ether oxygens (including phenoxy) is 2. The summed E-state index contributed by atoms with van der Waals surface area (Å²) in [7, 11) is 1.69. The van der Waals surface area contributed by atoms with Gasteiger partial charge in [-0.3, -0.25) is 0 Å². The summed E-state index contributed by atoms with van der Waals surface area (Å²) in [5.74, 6) is 1.80. The van der Waals surface area contributed by atoms with Gasteiger partial charge in [0.05, 0.1) is 7.11 Å². The molecule has 0 amide bonds. The molecule has 1 aromatic rings. The molecule has 98 valence electrons. The van der Waals surface area contributed by atoms with E-state index < -0.39 is 0 Å². The van der Waals surface area contributed by atoms with Gasteiger partial charge in [0.1, 0.15) is 17.6 Å². The lowest BCUT2D eigenvalue weighted by Crippen LogP contribution is -2.55. The van der Waals surface area contributed by atoms with Crippen LogP contribution in [0.25, 0.3) is 0 Å². The van der Waals surface area contributed by atoms with Crippen LogP contribution in [-0.2, 0) is 0 Å². The van der Waals surface area contributed by atoms with Crippen molar-refractivity contribution in [2.24, 2.45) is 5.41 Å². The molecule has 2 aliphatic rings. The van der Waals surface area contributed by atoms with Crippen LogP contribution in [0.3, 0.4) is 0 Å². The maximum Gasteiger partial charge on any atom is 0.123 e. The van der Waals surface area contributed by atoms with Crippen molar-refractivity contribution in [2.75, 3.05) is 7.11 Å². The fourth-order valence-electron chi connectivity index (χ4n) is 3.37. The first kappa shape index (κ1) is 12.3. The Kier molecular flexibility index (Phi) is 3.27. The van der Waals surface area contributed by atoms with E-state index in [0.29, 0.717) is 16.3 Å². The van der Waals surface area contributed by atoms with Gasteiger partial charge in [0.2, 0.25) is 0 Å². The van der Waals surface area contributed by atoms with Gasteiger partial charge in [-0.05, 0) is 31.4 Å². The molecule has 2 atom stereocenters. The molecule has 0 aliphatic heterocycles. The summed E-state index contributed by atoms with van der Waals surface area (Å²) in [4.78, 5) is 0.642. The number of rotatable bonds is 3. The minimum atomic E-state index is 0.372. The van der Waals surface area contributed by atoms with Crippen molar-refractivity contribution < 1.29 is 9.47 Å². The summed E-state index contributed by atoms with van der Waals surface area (Å²) in [5, 5.41) is 0. The van der Waals surface area contributed by atoms with Crippen molar-refractivity contribution in [3.05, 3.63) is 24.3 Å². The molecule has 2 nitrogen and oxygen atoms in total. The third-order valence-electron chi connectivity index (χ3n) is 4.54. The van der Waals surface area contributed by atoms with Gasteiger partial charge in [-0.2, -0.15) is 0 Å². The van der Waals surface area contributed by atoms with E-state index >= 15 is 0 Å². The second kappa shape index (κ2) is 4.76. The highest BCUT2D eigenvalue weighted by Gasteiger charge is 2.56. The van der Waals surface area contributed by atoms with E-state index in [2.05, 4.69) is 15.9 Å². The molecule has 3 rings (SSSR count). The van der Waals surface area contributed by atoms with Gasteiger partial charge < -0.3 is 9.47 Å². The first-order valence-electron chi connectivity index (χ1n) is 6.69. The SMILES string of the molecule is COc1cccc(OC2CC(Br)C23CCCC3)c1. The van der Waals surface area contributed by atoms with Crippen LogP contribution < -0.4 is 9.47 Å². The fraction of sp³-hybridized carbons (Fsp3) is 0.600. The summed E-state index contributed by atoms with van der Waals surface area (Å²) in [6.45, 7) is 0. The van der Waals surface area contributed by atoms with Crippen LogP contribution in [0.15, 0.2) is 24.3 Å². The lowest BCUT2D eigenvalue weighted by atomic mass is 9.64. The molecule has 0 N–H and O–H groups in total. The lowest BCUT2D eigenvalue weighted by molar-refractivity contribution is -0.0304. The van der Waals surface area contributed by atoms with Crippen molar-refractivity contribution in [1.82, 2.24) is 0 Å². The van der Waals surface area contributed by atoms with E-state index in [0.717, 1.165) is 17.9 Å². The van der Waals surface area contributed by atoms with Crippen molar-refractivity contribution >= 4 is 15.9 Å². The Morgan fingerprint density at radius 1 is 1.22 bits per heavy atom. The molecule has 0 radical (unpaired) electrons. The van der Waals surface area contributed by atoms with Crippen LogP contribution >= 0.6 is 15.9 Å². The highest BCUT2D eigenvalue weighted by atomic mass is 79.9. The van der Waals surface area contributed by atoms with Gasteiger partial charge in [0.15, 0.2) is 0 Å². The number of methoxy groups -OCH3 is 1. The molecular weight excluding hydrogens is 292 g/mol. The number of alkyl halides is 1. The maximum absolute atomic E-state index is 6.19. The molecule has 3 heteroatoms. The Bertz CT molecular complexity index is 426. The predicted octanol–water partition coefficient (Wildman–Crippen LogP) is 4.17. The number of hydrogen-bond donors (Lipinski definition) is 0. The average molecular weight is 311 g/mol. The van der Waals surface area contributed by atoms with Crippen LogP contribution in [0, 0.1) is 5.41 Å². The summed E-state index contributed by atoms with van der Waals surface area (Å²) in [6, 6.07) is 7.93. The highest BCUT2D eigenvalue weighted by molar-refractivity contribution is 9.09. The summed E-state index contributed by atoms with van der Waals surface area (Å²) >= 11 is 3.82. The van der Waals surface area contributed by atoms with Crippen molar-refractivity contribution in [1.29, 1.82) is 0 Å². The molecule has 0 aromatic heterocycles. The Balaban J connectivity index is 1.73. The van der Waals surface area contributed by atoms with Gasteiger partial charge >= 0.3 is 0 Å². The maximum atomic E-state index is 6.19. The first-order chi connectivity index (χ1) is 8.74. The molecule has 2 fully saturated rings. The van der Waals surface area contributed by atoms with Crippen LogP contribution in [0.2, 0.25) is 0 Å². The number of hydrogen-bond acceptors (Lipinski definition) is 2. The molecule has 0 heterocycles. The van der Waals surface area contributed by atoms with Gasteiger partial charge in [-0.25, -0.2) is 0 Å². The van der Waals surface area contributed by atoms with E-state index in [1.807, 2.05) is 24.3 Å². The smallest absolute Gasteiger partial charge is 0.123 e. The minimum Gasteiger partial charge on any atom is -0.497 e. The third kappa shape index (κ3) is 1.93. The monoisotopic (exact) mass is 310 g/mol. The minimum absolute atomic E-state index is 0.372. The summed E-state index contributed by atoms with van der Waals surface area (Å²) in [6.07, 6.45) is 6.79. The van der Waals surface area contributed by atoms with Gasteiger partial charge in [-0.1, -0.05) is 34.8 Å². The molecule has 18 heavy (non-hydrogen) atoms. The Morgan fingerprint density at radius 3 is 2.61 bits per heavy atom. The van der Waals surface area contributed by atoms with Crippen molar-refractivity contribution in [2.45, 2.75) is 43.0 Å².